The van der Waals surface area contributed by atoms with E-state index >= 15 is 0 Å². The summed E-state index contributed by atoms with van der Waals surface area (Å²) in [7, 11) is 1.49. The lowest BCUT2D eigenvalue weighted by molar-refractivity contribution is -0.117. The van der Waals surface area contributed by atoms with Crippen molar-refractivity contribution >= 4 is 28.8 Å². The van der Waals surface area contributed by atoms with Crippen LogP contribution < -0.4 is 15.7 Å². The molecule has 30 heavy (non-hydrogen) atoms. The van der Waals surface area contributed by atoms with Gasteiger partial charge < -0.3 is 10.1 Å². The Morgan fingerprint density at radius 3 is 2.67 bits per heavy atom. The largest absolute Gasteiger partial charge is 0.495 e. The molecule has 0 aliphatic carbocycles. The molecule has 0 atom stereocenters. The zero-order valence-electron chi connectivity index (χ0n) is 16.3. The summed E-state index contributed by atoms with van der Waals surface area (Å²) in [6, 6.07) is 16.2. The molecule has 0 saturated heterocycles. The summed E-state index contributed by atoms with van der Waals surface area (Å²) in [6.07, 6.45) is 0. The molecule has 8 nitrogen and oxygen atoms in total. The molecule has 0 saturated carbocycles. The van der Waals surface area contributed by atoms with Crippen LogP contribution in [0.15, 0.2) is 59.4 Å². The highest BCUT2D eigenvalue weighted by Gasteiger charge is 2.16. The van der Waals surface area contributed by atoms with E-state index in [0.717, 1.165) is 10.2 Å². The summed E-state index contributed by atoms with van der Waals surface area (Å²) in [6.45, 7) is 1.46. The maximum atomic E-state index is 12.8. The SMILES string of the molecule is COc1ccc(Cl)cc1NC(=O)Cn1nc2cc(-c3ccccc3)nc(C)n2c1=O. The number of carbonyl (C=O) groups is 1. The van der Waals surface area contributed by atoms with Gasteiger partial charge in [0.25, 0.3) is 0 Å². The van der Waals surface area contributed by atoms with Gasteiger partial charge in [0.1, 0.15) is 18.1 Å². The zero-order valence-corrected chi connectivity index (χ0v) is 17.1. The van der Waals surface area contributed by atoms with Gasteiger partial charge in [-0.15, -0.1) is 5.10 Å². The lowest BCUT2D eigenvalue weighted by atomic mass is 10.1. The van der Waals surface area contributed by atoms with Gasteiger partial charge >= 0.3 is 5.69 Å². The van der Waals surface area contributed by atoms with Gasteiger partial charge in [0.05, 0.1) is 18.5 Å². The number of ether oxygens (including phenoxy) is 1. The molecule has 0 bridgehead atoms. The lowest BCUT2D eigenvalue weighted by Crippen LogP contribution is -2.29. The molecule has 2 aromatic heterocycles. The van der Waals surface area contributed by atoms with Gasteiger partial charge in [-0.25, -0.2) is 18.9 Å². The number of benzene rings is 2. The van der Waals surface area contributed by atoms with Gasteiger partial charge in [-0.05, 0) is 25.1 Å². The summed E-state index contributed by atoms with van der Waals surface area (Å²) in [5, 5.41) is 7.46. The number of halogens is 1. The molecule has 4 rings (SSSR count). The summed E-state index contributed by atoms with van der Waals surface area (Å²) < 4.78 is 7.70. The van der Waals surface area contributed by atoms with Gasteiger partial charge in [0, 0.05) is 16.7 Å². The highest BCUT2D eigenvalue weighted by Crippen LogP contribution is 2.27. The summed E-state index contributed by atoms with van der Waals surface area (Å²) >= 11 is 5.99. The minimum absolute atomic E-state index is 0.268. The minimum atomic E-state index is -0.442. The molecule has 0 spiro atoms. The Bertz CT molecular complexity index is 1300. The summed E-state index contributed by atoms with van der Waals surface area (Å²) in [4.78, 5) is 29.8. The topological polar surface area (TPSA) is 90.5 Å². The molecule has 0 aliphatic rings. The fourth-order valence-corrected chi connectivity index (χ4v) is 3.34. The van der Waals surface area contributed by atoms with Crippen LogP contribution in [-0.2, 0) is 11.3 Å². The Morgan fingerprint density at radius 2 is 1.93 bits per heavy atom. The first kappa shape index (κ1) is 19.7. The third-order valence-electron chi connectivity index (χ3n) is 4.53. The van der Waals surface area contributed by atoms with Crippen LogP contribution in [0.5, 0.6) is 5.75 Å². The summed E-state index contributed by atoms with van der Waals surface area (Å²) in [5.41, 5.74) is 2.00. The Hall–Kier alpha value is -3.65. The normalized spacial score (nSPS) is 10.9. The number of aryl methyl sites for hydroxylation is 1. The third-order valence-corrected chi connectivity index (χ3v) is 4.77. The predicted molar refractivity (Wildman–Crippen MR) is 114 cm³/mol. The van der Waals surface area contributed by atoms with Crippen LogP contribution in [0.3, 0.4) is 0 Å². The molecule has 2 heterocycles. The second-order valence-corrected chi connectivity index (χ2v) is 7.02. The zero-order chi connectivity index (χ0) is 21.3. The van der Waals surface area contributed by atoms with E-state index in [9.17, 15) is 9.59 Å². The van der Waals surface area contributed by atoms with Crippen LogP contribution in [0, 0.1) is 6.92 Å². The van der Waals surface area contributed by atoms with Gasteiger partial charge in [-0.3, -0.25) is 4.79 Å². The Kier molecular flexibility index (Phi) is 5.24. The van der Waals surface area contributed by atoms with Crippen molar-refractivity contribution in [3.8, 4) is 17.0 Å². The minimum Gasteiger partial charge on any atom is -0.495 e. The first-order valence-electron chi connectivity index (χ1n) is 9.12. The van der Waals surface area contributed by atoms with Crippen LogP contribution >= 0.6 is 11.6 Å². The number of nitrogens with zero attached hydrogens (tertiary/aromatic N) is 4. The number of hydrogen-bond donors (Lipinski definition) is 1. The number of fused-ring (bicyclic) bond motifs is 1. The lowest BCUT2D eigenvalue weighted by Gasteiger charge is -2.10. The maximum Gasteiger partial charge on any atom is 0.352 e. The molecular formula is C21H18ClN5O3. The van der Waals surface area contributed by atoms with E-state index in [4.69, 9.17) is 16.3 Å². The van der Waals surface area contributed by atoms with Crippen molar-refractivity contribution in [1.29, 1.82) is 0 Å². The fraction of sp³-hybridized carbons (Fsp3) is 0.143. The third kappa shape index (κ3) is 3.77. The molecular weight excluding hydrogens is 406 g/mol. The second kappa shape index (κ2) is 8.00. The molecule has 0 fully saturated rings. The van der Waals surface area contributed by atoms with Gasteiger partial charge in [0.15, 0.2) is 5.65 Å². The molecule has 9 heteroatoms. The number of anilines is 1. The van der Waals surface area contributed by atoms with E-state index in [1.54, 1.807) is 31.2 Å². The Labute approximate surface area is 176 Å². The predicted octanol–water partition coefficient (Wildman–Crippen LogP) is 3.17. The molecule has 1 N–H and O–H groups in total. The van der Waals surface area contributed by atoms with Crippen LogP contribution in [0.1, 0.15) is 5.82 Å². The molecule has 2 aromatic carbocycles. The van der Waals surface area contributed by atoms with E-state index in [1.807, 2.05) is 30.3 Å². The van der Waals surface area contributed by atoms with Crippen molar-refractivity contribution < 1.29 is 9.53 Å². The molecule has 1 amide bonds. The van der Waals surface area contributed by atoms with Crippen molar-refractivity contribution in [2.45, 2.75) is 13.5 Å². The second-order valence-electron chi connectivity index (χ2n) is 6.58. The van der Waals surface area contributed by atoms with E-state index in [2.05, 4.69) is 15.4 Å². The number of aromatic nitrogens is 4. The van der Waals surface area contributed by atoms with Crippen LogP contribution in [0.4, 0.5) is 5.69 Å². The van der Waals surface area contributed by atoms with E-state index in [1.165, 1.54) is 11.5 Å². The molecule has 152 valence electrons. The number of carbonyl (C=O) groups excluding carboxylic acids is 1. The standard InChI is InChI=1S/C21H18ClN5O3/c1-13-23-16(14-6-4-3-5-7-14)11-19-25-26(21(29)27(13)19)12-20(28)24-17-10-15(22)8-9-18(17)30-2/h3-11H,12H2,1-2H3,(H,24,28). The number of rotatable bonds is 5. The monoisotopic (exact) mass is 423 g/mol. The van der Waals surface area contributed by atoms with Gasteiger partial charge in [-0.2, -0.15) is 0 Å². The number of nitrogens with one attached hydrogen (secondary N) is 1. The average Bonchev–Trinajstić information content (AvgIpc) is 3.04. The smallest absolute Gasteiger partial charge is 0.352 e. The van der Waals surface area contributed by atoms with Crippen molar-refractivity contribution in [2.24, 2.45) is 0 Å². The summed E-state index contributed by atoms with van der Waals surface area (Å²) in [5.74, 6) is 0.511. The van der Waals surface area contributed by atoms with Crippen molar-refractivity contribution in [2.75, 3.05) is 12.4 Å². The average molecular weight is 424 g/mol. The number of hydrogen-bond acceptors (Lipinski definition) is 5. The van der Waals surface area contributed by atoms with Crippen LogP contribution in [0.2, 0.25) is 5.02 Å². The van der Waals surface area contributed by atoms with E-state index < -0.39 is 11.6 Å². The Balaban J connectivity index is 1.64. The highest BCUT2D eigenvalue weighted by atomic mass is 35.5. The molecule has 0 aliphatic heterocycles. The maximum absolute atomic E-state index is 12.8. The van der Waals surface area contributed by atoms with Crippen molar-refractivity contribution in [3.63, 3.8) is 0 Å². The van der Waals surface area contributed by atoms with Crippen molar-refractivity contribution in [1.82, 2.24) is 19.2 Å². The van der Waals surface area contributed by atoms with E-state index in [0.29, 0.717) is 33.6 Å². The van der Waals surface area contributed by atoms with E-state index in [-0.39, 0.29) is 6.54 Å². The van der Waals surface area contributed by atoms with Gasteiger partial charge in [-0.1, -0.05) is 41.9 Å². The van der Waals surface area contributed by atoms with Gasteiger partial charge in [0.2, 0.25) is 5.91 Å². The quantitative estimate of drug-likeness (QED) is 0.532. The molecule has 0 unspecified atom stereocenters. The first-order chi connectivity index (χ1) is 14.5. The highest BCUT2D eigenvalue weighted by molar-refractivity contribution is 6.31. The Morgan fingerprint density at radius 1 is 1.17 bits per heavy atom. The first-order valence-corrected chi connectivity index (χ1v) is 9.50. The van der Waals surface area contributed by atoms with Crippen LogP contribution in [0.25, 0.3) is 16.9 Å². The molecule has 0 radical (unpaired) electrons. The molecule has 4 aromatic rings. The van der Waals surface area contributed by atoms with Crippen molar-refractivity contribution in [3.05, 3.63) is 75.9 Å². The number of amides is 1. The fourth-order valence-electron chi connectivity index (χ4n) is 3.16. The number of methoxy groups -OCH3 is 1. The van der Waals surface area contributed by atoms with Crippen LogP contribution in [-0.4, -0.2) is 32.2 Å².